The minimum atomic E-state index is -0.232. The Morgan fingerprint density at radius 1 is 1.32 bits per heavy atom. The second-order valence-electron chi connectivity index (χ2n) is 6.70. The van der Waals surface area contributed by atoms with Gasteiger partial charge in [0.1, 0.15) is 5.82 Å². The van der Waals surface area contributed by atoms with Crippen molar-refractivity contribution >= 4 is 5.91 Å². The minimum Gasteiger partial charge on any atom is -0.370 e. The van der Waals surface area contributed by atoms with E-state index < -0.39 is 0 Å². The average molecular weight is 344 g/mol. The van der Waals surface area contributed by atoms with E-state index in [9.17, 15) is 9.18 Å². The molecule has 2 aliphatic heterocycles. The maximum Gasteiger partial charge on any atom is 0.222 e. The Bertz CT molecular complexity index is 746. The second-order valence-corrected chi connectivity index (χ2v) is 6.70. The number of nitrogens with zero attached hydrogens (tertiary/aromatic N) is 4. The molecule has 0 bridgehead atoms. The fourth-order valence-electron chi connectivity index (χ4n) is 3.66. The van der Waals surface area contributed by atoms with Crippen LogP contribution in [0.1, 0.15) is 36.6 Å². The van der Waals surface area contributed by atoms with Crippen LogP contribution in [0.4, 0.5) is 4.39 Å². The van der Waals surface area contributed by atoms with Gasteiger partial charge in [-0.3, -0.25) is 4.79 Å². The summed E-state index contributed by atoms with van der Waals surface area (Å²) in [5.74, 6) is -0.0716. The van der Waals surface area contributed by atoms with Crippen molar-refractivity contribution in [2.45, 2.75) is 44.4 Å². The lowest BCUT2D eigenvalue weighted by Gasteiger charge is -2.41. The quantitative estimate of drug-likeness (QED) is 0.852. The summed E-state index contributed by atoms with van der Waals surface area (Å²) in [6.07, 6.45) is 4.70. The van der Waals surface area contributed by atoms with Crippen LogP contribution in [0.5, 0.6) is 0 Å². The second kappa shape index (κ2) is 6.92. The Hall–Kier alpha value is -2.28. The van der Waals surface area contributed by atoms with E-state index in [1.165, 1.54) is 12.1 Å². The van der Waals surface area contributed by atoms with E-state index in [0.717, 1.165) is 37.1 Å². The van der Waals surface area contributed by atoms with Crippen LogP contribution in [0.3, 0.4) is 0 Å². The number of aromatic nitrogens is 3. The molecule has 6 nitrogen and oxygen atoms in total. The van der Waals surface area contributed by atoms with E-state index in [4.69, 9.17) is 4.74 Å². The fourth-order valence-corrected chi connectivity index (χ4v) is 3.66. The van der Waals surface area contributed by atoms with Crippen molar-refractivity contribution in [1.29, 1.82) is 0 Å². The van der Waals surface area contributed by atoms with Gasteiger partial charge in [-0.05, 0) is 37.0 Å². The number of carbonyl (C=O) groups excluding carboxylic acids is 1. The Balaban J connectivity index is 1.32. The average Bonchev–Trinajstić information content (AvgIpc) is 3.12. The van der Waals surface area contributed by atoms with Gasteiger partial charge in [-0.25, -0.2) is 9.07 Å². The van der Waals surface area contributed by atoms with Gasteiger partial charge in [0.25, 0.3) is 0 Å². The third-order valence-corrected chi connectivity index (χ3v) is 5.05. The SMILES string of the molecule is O=C(CCCc1ccc(F)cc1)N1CC[C@H]2OCc3cnnn3[C@@H]2C1. The van der Waals surface area contributed by atoms with Gasteiger partial charge in [0.2, 0.25) is 5.91 Å². The molecule has 0 radical (unpaired) electrons. The van der Waals surface area contributed by atoms with Gasteiger partial charge in [-0.1, -0.05) is 17.3 Å². The van der Waals surface area contributed by atoms with Crippen molar-refractivity contribution in [3.8, 4) is 0 Å². The van der Waals surface area contributed by atoms with E-state index in [0.29, 0.717) is 19.6 Å². The van der Waals surface area contributed by atoms with E-state index in [2.05, 4.69) is 10.3 Å². The molecule has 3 heterocycles. The fraction of sp³-hybridized carbons (Fsp3) is 0.500. The van der Waals surface area contributed by atoms with Crippen LogP contribution in [0.25, 0.3) is 0 Å². The summed E-state index contributed by atoms with van der Waals surface area (Å²) >= 11 is 0. The van der Waals surface area contributed by atoms with E-state index in [1.807, 2.05) is 9.58 Å². The Morgan fingerprint density at radius 2 is 2.16 bits per heavy atom. The Kier molecular flexibility index (Phi) is 4.48. The molecule has 1 aromatic carbocycles. The number of amides is 1. The summed E-state index contributed by atoms with van der Waals surface area (Å²) < 4.78 is 20.7. The molecule has 1 saturated heterocycles. The number of carbonyl (C=O) groups is 1. The van der Waals surface area contributed by atoms with Gasteiger partial charge >= 0.3 is 0 Å². The molecule has 2 aliphatic rings. The molecule has 1 amide bonds. The molecule has 0 N–H and O–H groups in total. The highest BCUT2D eigenvalue weighted by Crippen LogP contribution is 2.30. The van der Waals surface area contributed by atoms with Crippen LogP contribution in [-0.2, 0) is 22.6 Å². The summed E-state index contributed by atoms with van der Waals surface area (Å²) in [4.78, 5) is 14.5. The molecule has 0 aliphatic carbocycles. The molecular weight excluding hydrogens is 323 g/mol. The smallest absolute Gasteiger partial charge is 0.222 e. The molecule has 0 unspecified atom stereocenters. The summed E-state index contributed by atoms with van der Waals surface area (Å²) in [7, 11) is 0. The standard InChI is InChI=1S/C18H21FN4O2/c19-14-6-4-13(5-7-14)2-1-3-18(24)22-9-8-17-16(11-22)23-15(12-25-17)10-20-21-23/h4-7,10,16-17H,1-3,8-9,11-12H2/t16-,17-/m1/s1. The van der Waals surface area contributed by atoms with Crippen molar-refractivity contribution in [2.75, 3.05) is 13.1 Å². The highest BCUT2D eigenvalue weighted by Gasteiger charge is 2.37. The number of hydrogen-bond donors (Lipinski definition) is 0. The van der Waals surface area contributed by atoms with Crippen molar-refractivity contribution in [3.05, 3.63) is 47.5 Å². The molecule has 4 rings (SSSR count). The first kappa shape index (κ1) is 16.2. The summed E-state index contributed by atoms with van der Waals surface area (Å²) in [5, 5.41) is 8.12. The summed E-state index contributed by atoms with van der Waals surface area (Å²) in [6.45, 7) is 1.89. The maximum absolute atomic E-state index is 12.9. The number of hydrogen-bond acceptors (Lipinski definition) is 4. The third kappa shape index (κ3) is 3.42. The van der Waals surface area contributed by atoms with Crippen LogP contribution in [0.15, 0.2) is 30.5 Å². The topological polar surface area (TPSA) is 60.3 Å². The number of benzene rings is 1. The maximum atomic E-state index is 12.9. The molecule has 7 heteroatoms. The van der Waals surface area contributed by atoms with Crippen molar-refractivity contribution in [1.82, 2.24) is 19.9 Å². The molecule has 132 valence electrons. The number of fused-ring (bicyclic) bond motifs is 3. The normalized spacial score (nSPS) is 22.4. The first-order valence-corrected chi connectivity index (χ1v) is 8.73. The van der Waals surface area contributed by atoms with Crippen LogP contribution < -0.4 is 0 Å². The van der Waals surface area contributed by atoms with Gasteiger partial charge < -0.3 is 9.64 Å². The predicted molar refractivity (Wildman–Crippen MR) is 88.2 cm³/mol. The van der Waals surface area contributed by atoms with Crippen LogP contribution in [-0.4, -0.2) is 45.0 Å². The highest BCUT2D eigenvalue weighted by atomic mass is 19.1. The molecule has 2 aromatic rings. The van der Waals surface area contributed by atoms with E-state index >= 15 is 0 Å². The Morgan fingerprint density at radius 3 is 3.00 bits per heavy atom. The number of likely N-dealkylation sites (tertiary alicyclic amines) is 1. The molecule has 25 heavy (non-hydrogen) atoms. The van der Waals surface area contributed by atoms with Gasteiger partial charge in [-0.15, -0.1) is 5.10 Å². The van der Waals surface area contributed by atoms with Crippen molar-refractivity contribution in [2.24, 2.45) is 0 Å². The molecular formula is C18H21FN4O2. The molecule has 0 spiro atoms. The van der Waals surface area contributed by atoms with Crippen molar-refractivity contribution < 1.29 is 13.9 Å². The number of ether oxygens (including phenoxy) is 1. The number of aryl methyl sites for hydroxylation is 1. The predicted octanol–water partition coefficient (Wildman–Crippen LogP) is 2.11. The van der Waals surface area contributed by atoms with Crippen LogP contribution in [0.2, 0.25) is 0 Å². The van der Waals surface area contributed by atoms with Crippen molar-refractivity contribution in [3.63, 3.8) is 0 Å². The summed E-state index contributed by atoms with van der Waals surface area (Å²) in [5.41, 5.74) is 2.02. The first-order valence-electron chi connectivity index (χ1n) is 8.73. The molecule has 0 saturated carbocycles. The number of halogens is 1. The van der Waals surface area contributed by atoms with Crippen LogP contribution >= 0.6 is 0 Å². The first-order chi connectivity index (χ1) is 12.2. The lowest BCUT2D eigenvalue weighted by atomic mass is 9.99. The lowest BCUT2D eigenvalue weighted by Crippen LogP contribution is -2.49. The van der Waals surface area contributed by atoms with Gasteiger partial charge in [0, 0.05) is 19.5 Å². The lowest BCUT2D eigenvalue weighted by molar-refractivity contribution is -0.138. The molecule has 1 fully saturated rings. The van der Waals surface area contributed by atoms with Crippen LogP contribution in [0, 0.1) is 5.82 Å². The van der Waals surface area contributed by atoms with E-state index in [1.54, 1.807) is 18.3 Å². The highest BCUT2D eigenvalue weighted by molar-refractivity contribution is 5.76. The zero-order valence-corrected chi connectivity index (χ0v) is 14.0. The summed E-state index contributed by atoms with van der Waals surface area (Å²) in [6, 6.07) is 6.52. The molecule has 1 aromatic heterocycles. The number of piperidine rings is 1. The Labute approximate surface area is 145 Å². The monoisotopic (exact) mass is 344 g/mol. The molecule has 2 atom stereocenters. The zero-order chi connectivity index (χ0) is 17.2. The minimum absolute atomic E-state index is 0.0565. The third-order valence-electron chi connectivity index (χ3n) is 5.05. The number of rotatable bonds is 4. The zero-order valence-electron chi connectivity index (χ0n) is 14.0. The van der Waals surface area contributed by atoms with Gasteiger partial charge in [0.05, 0.1) is 30.6 Å². The van der Waals surface area contributed by atoms with E-state index in [-0.39, 0.29) is 23.9 Å². The largest absolute Gasteiger partial charge is 0.370 e. The van der Waals surface area contributed by atoms with Gasteiger partial charge in [-0.2, -0.15) is 0 Å². The van der Waals surface area contributed by atoms with Gasteiger partial charge in [0.15, 0.2) is 0 Å².